The van der Waals surface area contributed by atoms with E-state index in [1.165, 1.54) is 0 Å². The van der Waals surface area contributed by atoms with Crippen LogP contribution in [0, 0.1) is 0 Å². The van der Waals surface area contributed by atoms with Gasteiger partial charge in [0, 0.05) is 26.4 Å². The molecule has 0 radical (unpaired) electrons. The number of tetrazole rings is 1. The lowest BCUT2D eigenvalue weighted by molar-refractivity contribution is -0.139. The third kappa shape index (κ3) is 3.63. The van der Waals surface area contributed by atoms with E-state index in [4.69, 9.17) is 9.47 Å². The van der Waals surface area contributed by atoms with E-state index in [0.717, 1.165) is 11.0 Å². The number of nitrogens with zero attached hydrogens (tertiary/aromatic N) is 7. The molecule has 28 heavy (non-hydrogen) atoms. The van der Waals surface area contributed by atoms with Crippen molar-refractivity contribution >= 4 is 16.9 Å². The molecule has 0 aliphatic carbocycles. The molecule has 0 saturated carbocycles. The predicted octanol–water partition coefficient (Wildman–Crippen LogP) is 0.695. The van der Waals surface area contributed by atoms with Crippen LogP contribution in [0.1, 0.15) is 24.0 Å². The smallest absolute Gasteiger partial charge is 0.235 e. The summed E-state index contributed by atoms with van der Waals surface area (Å²) in [6, 6.07) is 7.60. The molecule has 0 bridgehead atoms. The lowest BCUT2D eigenvalue weighted by Crippen LogP contribution is -2.43. The van der Waals surface area contributed by atoms with Crippen LogP contribution >= 0.6 is 0 Å². The quantitative estimate of drug-likeness (QED) is 0.633. The number of para-hydroxylation sites is 2. The number of aryl methyl sites for hydroxylation is 2. The Bertz CT molecular complexity index is 990. The Morgan fingerprint density at radius 1 is 1.29 bits per heavy atom. The van der Waals surface area contributed by atoms with Crippen LogP contribution < -0.4 is 4.74 Å². The van der Waals surface area contributed by atoms with E-state index in [9.17, 15) is 4.79 Å². The summed E-state index contributed by atoms with van der Waals surface area (Å²) in [6.07, 6.45) is 0.438. The third-order valence-corrected chi connectivity index (χ3v) is 4.74. The fraction of sp³-hybridized carbons (Fsp3) is 0.444. The number of carbonyl (C=O) groups excluding carboxylic acids is 1. The zero-order valence-electron chi connectivity index (χ0n) is 15.8. The average molecular weight is 383 g/mol. The number of morpholine rings is 1. The highest BCUT2D eigenvalue weighted by Gasteiger charge is 2.28. The van der Waals surface area contributed by atoms with Gasteiger partial charge in [-0.25, -0.2) is 14.6 Å². The zero-order valence-corrected chi connectivity index (χ0v) is 15.8. The molecule has 10 heteroatoms. The number of hydrogen-bond donors (Lipinski definition) is 0. The van der Waals surface area contributed by atoms with E-state index in [1.54, 1.807) is 23.7 Å². The molecule has 1 amide bonds. The van der Waals surface area contributed by atoms with Crippen molar-refractivity contribution in [2.75, 3.05) is 26.8 Å². The topological polar surface area (TPSA) is 108 Å². The molecule has 1 unspecified atom stereocenters. The molecule has 1 fully saturated rings. The Morgan fingerprint density at radius 2 is 2.07 bits per heavy atom. The maximum absolute atomic E-state index is 12.8. The molecule has 2 aromatic heterocycles. The number of rotatable bonds is 5. The minimum absolute atomic E-state index is 0.0282. The minimum Gasteiger partial charge on any atom is -0.480 e. The number of fused-ring (bicyclic) bond motifs is 1. The molecule has 0 N–H and O–H groups in total. The molecule has 1 aromatic carbocycles. The molecule has 1 aliphatic rings. The molecule has 4 rings (SSSR count). The minimum atomic E-state index is -0.326. The van der Waals surface area contributed by atoms with Gasteiger partial charge in [-0.05, 0) is 22.6 Å². The number of carbonyl (C=O) groups is 1. The standard InChI is InChI=1S/C18H21N7O3/c1-24-17(21-22-23-24)15-11-25(9-10-28-15)16(26)8-7-14-18(27-2)20-13-6-4-3-5-12(13)19-14/h3-6,15H,7-11H2,1-2H3. The van der Waals surface area contributed by atoms with Gasteiger partial charge >= 0.3 is 0 Å². The average Bonchev–Trinajstić information content (AvgIpc) is 3.17. The number of methoxy groups -OCH3 is 1. The Hall–Kier alpha value is -3.14. The summed E-state index contributed by atoms with van der Waals surface area (Å²) < 4.78 is 12.7. The monoisotopic (exact) mass is 383 g/mol. The summed E-state index contributed by atoms with van der Waals surface area (Å²) in [5.74, 6) is 1.09. The van der Waals surface area contributed by atoms with E-state index >= 15 is 0 Å². The summed E-state index contributed by atoms with van der Waals surface area (Å²) in [5, 5.41) is 11.4. The van der Waals surface area contributed by atoms with Gasteiger partial charge in [-0.2, -0.15) is 0 Å². The summed E-state index contributed by atoms with van der Waals surface area (Å²) in [6.45, 7) is 1.41. The number of ether oxygens (including phenoxy) is 2. The first-order valence-corrected chi connectivity index (χ1v) is 9.07. The number of amides is 1. The van der Waals surface area contributed by atoms with Crippen molar-refractivity contribution in [3.8, 4) is 5.88 Å². The fourth-order valence-corrected chi connectivity index (χ4v) is 3.27. The van der Waals surface area contributed by atoms with Gasteiger partial charge in [0.25, 0.3) is 0 Å². The lowest BCUT2D eigenvalue weighted by Gasteiger charge is -2.32. The molecule has 3 aromatic rings. The van der Waals surface area contributed by atoms with Gasteiger partial charge in [0.1, 0.15) is 11.8 Å². The first-order chi connectivity index (χ1) is 13.7. The third-order valence-electron chi connectivity index (χ3n) is 4.74. The van der Waals surface area contributed by atoms with Crippen LogP contribution in [0.15, 0.2) is 24.3 Å². The van der Waals surface area contributed by atoms with Crippen molar-refractivity contribution < 1.29 is 14.3 Å². The molecular weight excluding hydrogens is 362 g/mol. The van der Waals surface area contributed by atoms with Gasteiger partial charge in [0.05, 0.1) is 31.3 Å². The zero-order chi connectivity index (χ0) is 19.5. The summed E-state index contributed by atoms with van der Waals surface area (Å²) >= 11 is 0. The highest BCUT2D eigenvalue weighted by atomic mass is 16.5. The van der Waals surface area contributed by atoms with Crippen LogP contribution in [0.4, 0.5) is 0 Å². The maximum Gasteiger partial charge on any atom is 0.235 e. The van der Waals surface area contributed by atoms with Crippen LogP contribution in [0.3, 0.4) is 0 Å². The van der Waals surface area contributed by atoms with Gasteiger partial charge < -0.3 is 14.4 Å². The van der Waals surface area contributed by atoms with Crippen LogP contribution in [0.5, 0.6) is 5.88 Å². The van der Waals surface area contributed by atoms with Gasteiger partial charge in [-0.3, -0.25) is 4.79 Å². The Balaban J connectivity index is 1.44. The largest absolute Gasteiger partial charge is 0.480 e. The van der Waals surface area contributed by atoms with Crippen molar-refractivity contribution in [3.63, 3.8) is 0 Å². The van der Waals surface area contributed by atoms with Crippen LogP contribution in [0.2, 0.25) is 0 Å². The van der Waals surface area contributed by atoms with Gasteiger partial charge in [0.15, 0.2) is 5.82 Å². The van der Waals surface area contributed by atoms with Crippen molar-refractivity contribution in [1.29, 1.82) is 0 Å². The first kappa shape index (κ1) is 18.2. The number of benzene rings is 1. The lowest BCUT2D eigenvalue weighted by atomic mass is 10.1. The fourth-order valence-electron chi connectivity index (χ4n) is 3.27. The summed E-state index contributed by atoms with van der Waals surface area (Å²) in [4.78, 5) is 23.6. The summed E-state index contributed by atoms with van der Waals surface area (Å²) in [7, 11) is 3.32. The number of hydrogen-bond acceptors (Lipinski definition) is 8. The molecule has 146 valence electrons. The highest BCUT2D eigenvalue weighted by molar-refractivity contribution is 5.77. The summed E-state index contributed by atoms with van der Waals surface area (Å²) in [5.41, 5.74) is 2.23. The van der Waals surface area contributed by atoms with E-state index in [-0.39, 0.29) is 12.0 Å². The Labute approximate surface area is 161 Å². The molecular formula is C18H21N7O3. The second kappa shape index (κ2) is 7.85. The van der Waals surface area contributed by atoms with Crippen LogP contribution in [-0.4, -0.2) is 67.8 Å². The van der Waals surface area contributed by atoms with Crippen molar-refractivity contribution in [2.45, 2.75) is 18.9 Å². The van der Waals surface area contributed by atoms with Gasteiger partial charge in [0.2, 0.25) is 11.8 Å². The molecule has 1 saturated heterocycles. The van der Waals surface area contributed by atoms with E-state index < -0.39 is 0 Å². The SMILES string of the molecule is COc1nc2ccccc2nc1CCC(=O)N1CCOC(c2nnnn2C)C1. The Morgan fingerprint density at radius 3 is 2.79 bits per heavy atom. The van der Waals surface area contributed by atoms with Gasteiger partial charge in [-0.15, -0.1) is 5.10 Å². The van der Waals surface area contributed by atoms with Crippen molar-refractivity contribution in [2.24, 2.45) is 7.05 Å². The molecule has 0 spiro atoms. The van der Waals surface area contributed by atoms with Crippen LogP contribution in [0.25, 0.3) is 11.0 Å². The normalized spacial score (nSPS) is 17.1. The maximum atomic E-state index is 12.8. The molecule has 10 nitrogen and oxygen atoms in total. The van der Waals surface area contributed by atoms with Crippen molar-refractivity contribution in [1.82, 2.24) is 35.1 Å². The highest BCUT2D eigenvalue weighted by Crippen LogP contribution is 2.22. The van der Waals surface area contributed by atoms with Gasteiger partial charge in [-0.1, -0.05) is 12.1 Å². The second-order valence-corrected chi connectivity index (χ2v) is 6.53. The van der Waals surface area contributed by atoms with E-state index in [1.807, 2.05) is 24.3 Å². The predicted molar refractivity (Wildman–Crippen MR) is 98.5 cm³/mol. The molecule has 1 aliphatic heterocycles. The number of aromatic nitrogens is 6. The van der Waals surface area contributed by atoms with E-state index in [2.05, 4.69) is 25.5 Å². The first-order valence-electron chi connectivity index (χ1n) is 9.07. The van der Waals surface area contributed by atoms with E-state index in [0.29, 0.717) is 49.9 Å². The van der Waals surface area contributed by atoms with Crippen molar-refractivity contribution in [3.05, 3.63) is 35.8 Å². The molecule has 3 heterocycles. The Kier molecular flexibility index (Phi) is 5.11. The van der Waals surface area contributed by atoms with Crippen LogP contribution in [-0.2, 0) is 23.0 Å². The molecule has 1 atom stereocenters. The second-order valence-electron chi connectivity index (χ2n) is 6.53.